The van der Waals surface area contributed by atoms with Crippen molar-refractivity contribution in [1.29, 1.82) is 0 Å². The van der Waals surface area contributed by atoms with Crippen LogP contribution in [0.4, 0.5) is 0 Å². The van der Waals surface area contributed by atoms with Crippen LogP contribution in [0.2, 0.25) is 0 Å². The fourth-order valence-corrected chi connectivity index (χ4v) is 4.15. The molecule has 0 bridgehead atoms. The first kappa shape index (κ1) is 20.3. The Morgan fingerprint density at radius 1 is 0.821 bits per heavy atom. The van der Waals surface area contributed by atoms with E-state index in [9.17, 15) is 9.46 Å². The lowest BCUT2D eigenvalue weighted by atomic mass is 9.85. The zero-order valence-corrected chi connectivity index (χ0v) is 17.9. The number of rotatable bonds is 5. The number of benzene rings is 3. The normalized spacial score (nSPS) is 11.4. The highest BCUT2D eigenvalue weighted by Crippen LogP contribution is 2.45. The Kier molecular flexibility index (Phi) is 5.98. The number of hydrogen-bond acceptors (Lipinski definition) is 3. The number of hydrogen-bond donors (Lipinski definition) is 0. The third-order valence-electron chi connectivity index (χ3n) is 5.11. The highest BCUT2D eigenvalue weighted by atomic mass is 31.1. The van der Waals surface area contributed by atoms with Gasteiger partial charge >= 0.3 is 8.25 Å². The Morgan fingerprint density at radius 2 is 1.36 bits per heavy atom. The molecule has 1 atom stereocenters. The molecule has 0 fully saturated rings. The maximum absolute atomic E-state index is 11.4. The lowest BCUT2D eigenvalue weighted by molar-refractivity contribution is -0.178. The minimum atomic E-state index is -3.01. The maximum atomic E-state index is 11.4. The van der Waals surface area contributed by atoms with E-state index in [0.717, 1.165) is 45.4 Å². The van der Waals surface area contributed by atoms with Crippen LogP contribution in [-0.2, 0) is 11.0 Å². The Bertz CT molecular complexity index is 1050. The first-order valence-electron chi connectivity index (χ1n) is 9.45. The molecule has 0 amide bonds. The van der Waals surface area contributed by atoms with E-state index in [1.54, 1.807) is 6.07 Å². The summed E-state index contributed by atoms with van der Waals surface area (Å²) < 4.78 is 16.7. The molecule has 3 aromatic rings. The Hall–Kier alpha value is -2.48. The molecular weight excluding hydrogens is 367 g/mol. The van der Waals surface area contributed by atoms with E-state index in [1.165, 1.54) is 11.1 Å². The lowest BCUT2D eigenvalue weighted by Crippen LogP contribution is -2.01. The zero-order chi connectivity index (χ0) is 20.4. The van der Waals surface area contributed by atoms with Gasteiger partial charge in [0.2, 0.25) is 0 Å². The fourth-order valence-electron chi connectivity index (χ4n) is 3.84. The van der Waals surface area contributed by atoms with Gasteiger partial charge in [-0.05, 0) is 78.1 Å². The van der Waals surface area contributed by atoms with E-state index in [2.05, 4.69) is 58.0 Å². The molecule has 0 aliphatic heterocycles. The van der Waals surface area contributed by atoms with Crippen LogP contribution in [0.5, 0.6) is 5.75 Å². The van der Waals surface area contributed by atoms with Crippen LogP contribution in [0.1, 0.15) is 34.7 Å². The zero-order valence-electron chi connectivity index (χ0n) is 17.0. The third-order valence-corrected chi connectivity index (χ3v) is 5.46. The van der Waals surface area contributed by atoms with Crippen LogP contribution in [0.3, 0.4) is 0 Å². The average Bonchev–Trinajstić information content (AvgIpc) is 2.62. The molecule has 0 saturated carbocycles. The fraction of sp³-hybridized carbons (Fsp3) is 0.250. The predicted octanol–water partition coefficient (Wildman–Crippen LogP) is 6.21. The second-order valence-corrected chi connectivity index (χ2v) is 7.91. The van der Waals surface area contributed by atoms with Gasteiger partial charge in [0.15, 0.2) is 5.75 Å². The molecule has 28 heavy (non-hydrogen) atoms. The molecule has 3 nitrogen and oxygen atoms in total. The standard InChI is InChI=1S/C24H25O3P/c1-6-19-9-12-22(27-28(25)26)24(21-11-8-16(3)14-18(21)5)23(19)20-10-7-15(2)13-17(20)4/h7-14H,6H2,1-5H3. The number of aryl methyl sites for hydroxylation is 5. The van der Waals surface area contributed by atoms with Crippen molar-refractivity contribution in [2.24, 2.45) is 0 Å². The largest absolute Gasteiger partial charge is 0.558 e. The van der Waals surface area contributed by atoms with Crippen LogP contribution >= 0.6 is 8.25 Å². The Labute approximate surface area is 168 Å². The van der Waals surface area contributed by atoms with Crippen molar-refractivity contribution in [2.45, 2.75) is 41.0 Å². The monoisotopic (exact) mass is 392 g/mol. The first-order valence-corrected chi connectivity index (χ1v) is 10.5. The highest BCUT2D eigenvalue weighted by Gasteiger charge is 2.23. The van der Waals surface area contributed by atoms with E-state index in [4.69, 9.17) is 4.52 Å². The Morgan fingerprint density at radius 3 is 1.82 bits per heavy atom. The van der Waals surface area contributed by atoms with Gasteiger partial charge in [-0.2, -0.15) is 0 Å². The smallest absolute Gasteiger partial charge is 0.539 e. The summed E-state index contributed by atoms with van der Waals surface area (Å²) in [5, 5.41) is 0. The van der Waals surface area contributed by atoms with Crippen LogP contribution in [-0.4, -0.2) is 0 Å². The van der Waals surface area contributed by atoms with Gasteiger partial charge in [0, 0.05) is 5.56 Å². The van der Waals surface area contributed by atoms with Gasteiger partial charge in [0.25, 0.3) is 0 Å². The van der Waals surface area contributed by atoms with Gasteiger partial charge in [-0.15, -0.1) is 0 Å². The van der Waals surface area contributed by atoms with E-state index in [-0.39, 0.29) is 0 Å². The summed E-state index contributed by atoms with van der Waals surface area (Å²) in [4.78, 5) is 11.4. The minimum absolute atomic E-state index is 0.371. The van der Waals surface area contributed by atoms with Crippen LogP contribution in [0.15, 0.2) is 48.5 Å². The molecule has 3 aromatic carbocycles. The molecule has 4 heteroatoms. The van der Waals surface area contributed by atoms with E-state index in [0.29, 0.717) is 5.75 Å². The highest BCUT2D eigenvalue weighted by molar-refractivity contribution is 7.31. The van der Waals surface area contributed by atoms with E-state index < -0.39 is 8.25 Å². The van der Waals surface area contributed by atoms with Crippen LogP contribution in [0, 0.1) is 27.7 Å². The van der Waals surface area contributed by atoms with Crippen molar-refractivity contribution in [1.82, 2.24) is 0 Å². The molecule has 0 heterocycles. The summed E-state index contributed by atoms with van der Waals surface area (Å²) in [5.74, 6) is 0.371. The molecular formula is C24H25O3P. The molecule has 144 valence electrons. The van der Waals surface area contributed by atoms with Gasteiger partial charge in [0.05, 0.1) is 0 Å². The molecule has 0 aliphatic carbocycles. The molecule has 0 radical (unpaired) electrons. The van der Waals surface area contributed by atoms with Crippen molar-refractivity contribution < 1.29 is 14.0 Å². The molecule has 3 rings (SSSR count). The van der Waals surface area contributed by atoms with Crippen LogP contribution < -0.4 is 9.42 Å². The summed E-state index contributed by atoms with van der Waals surface area (Å²) in [6.07, 6.45) is 0.838. The topological polar surface area (TPSA) is 49.4 Å². The second-order valence-electron chi connectivity index (χ2n) is 7.28. The van der Waals surface area contributed by atoms with Gasteiger partial charge < -0.3 is 4.89 Å². The summed E-state index contributed by atoms with van der Waals surface area (Å²) >= 11 is 0. The summed E-state index contributed by atoms with van der Waals surface area (Å²) in [7, 11) is -3.01. The SMILES string of the molecule is CCc1ccc(O[P+](=O)[O-])c(-c2ccc(C)cc2C)c1-c1ccc(C)cc1C. The average molecular weight is 392 g/mol. The van der Waals surface area contributed by atoms with Crippen molar-refractivity contribution >= 4 is 8.25 Å². The summed E-state index contributed by atoms with van der Waals surface area (Å²) in [5.41, 5.74) is 9.74. The molecule has 1 unspecified atom stereocenters. The van der Waals surface area contributed by atoms with Crippen molar-refractivity contribution in [3.63, 3.8) is 0 Å². The molecule has 0 N–H and O–H groups in total. The van der Waals surface area contributed by atoms with Gasteiger partial charge in [0.1, 0.15) is 0 Å². The molecule has 0 aromatic heterocycles. The van der Waals surface area contributed by atoms with Crippen LogP contribution in [0.25, 0.3) is 22.3 Å². The Balaban J connectivity index is 2.43. The quantitative estimate of drug-likeness (QED) is 0.485. The molecule has 0 spiro atoms. The van der Waals surface area contributed by atoms with E-state index >= 15 is 0 Å². The molecule has 0 saturated heterocycles. The van der Waals surface area contributed by atoms with Crippen molar-refractivity contribution in [3.05, 3.63) is 76.3 Å². The van der Waals surface area contributed by atoms with Gasteiger partial charge in [-0.25, -0.2) is 0 Å². The third kappa shape index (κ3) is 4.01. The summed E-state index contributed by atoms with van der Waals surface area (Å²) in [6, 6.07) is 16.3. The van der Waals surface area contributed by atoms with Crippen molar-refractivity contribution in [2.75, 3.05) is 0 Å². The van der Waals surface area contributed by atoms with Gasteiger partial charge in [-0.1, -0.05) is 60.5 Å². The van der Waals surface area contributed by atoms with E-state index in [1.807, 2.05) is 19.1 Å². The summed E-state index contributed by atoms with van der Waals surface area (Å²) in [6.45, 7) is 10.4. The first-order chi connectivity index (χ1) is 13.3. The van der Waals surface area contributed by atoms with Crippen molar-refractivity contribution in [3.8, 4) is 28.0 Å². The predicted molar refractivity (Wildman–Crippen MR) is 114 cm³/mol. The lowest BCUT2D eigenvalue weighted by Gasteiger charge is -2.20. The maximum Gasteiger partial charge on any atom is 0.539 e. The molecule has 0 aliphatic rings. The minimum Gasteiger partial charge on any atom is -0.558 e. The van der Waals surface area contributed by atoms with Gasteiger partial charge in [-0.3, -0.25) is 4.52 Å². The second kappa shape index (κ2) is 8.26.